The summed E-state index contributed by atoms with van der Waals surface area (Å²) >= 11 is 0. The molecular formula is C8H11N5O. The average Bonchev–Trinajstić information content (AvgIpc) is 2.18. The number of nitrogens with zero attached hydrogens (tertiary/aromatic N) is 5. The first-order chi connectivity index (χ1) is 6.74. The summed E-state index contributed by atoms with van der Waals surface area (Å²) in [5.74, 6) is 0. The Hall–Kier alpha value is -1.81. The van der Waals surface area contributed by atoms with Gasteiger partial charge in [0.25, 0.3) is 0 Å². The Labute approximate surface area is 80.8 Å². The van der Waals surface area contributed by atoms with Crippen LogP contribution in [0, 0.1) is 6.92 Å². The van der Waals surface area contributed by atoms with Gasteiger partial charge in [0.1, 0.15) is 0 Å². The maximum Gasteiger partial charge on any atom is 0.347 e. The van der Waals surface area contributed by atoms with Crippen LogP contribution in [0.5, 0.6) is 0 Å². The number of hydrogen-bond acceptors (Lipinski definition) is 3. The van der Waals surface area contributed by atoms with Crippen LogP contribution in [0.2, 0.25) is 0 Å². The lowest BCUT2D eigenvalue weighted by Crippen LogP contribution is -2.22. The molecule has 74 valence electrons. The molecule has 0 aliphatic heterocycles. The minimum atomic E-state index is -0.267. The second kappa shape index (κ2) is 5.04. The van der Waals surface area contributed by atoms with Gasteiger partial charge in [-0.05, 0) is 24.4 Å². The first-order valence-electron chi connectivity index (χ1n) is 4.28. The molecule has 6 heteroatoms. The van der Waals surface area contributed by atoms with Crippen LogP contribution < -0.4 is 5.69 Å². The molecule has 0 unspecified atom stereocenters. The van der Waals surface area contributed by atoms with Crippen molar-refractivity contribution in [1.82, 2.24) is 9.55 Å². The molecule has 14 heavy (non-hydrogen) atoms. The van der Waals surface area contributed by atoms with Gasteiger partial charge in [-0.3, -0.25) is 4.57 Å². The highest BCUT2D eigenvalue weighted by Crippen LogP contribution is 1.92. The lowest BCUT2D eigenvalue weighted by Gasteiger charge is -2.03. The van der Waals surface area contributed by atoms with Crippen LogP contribution in [-0.2, 0) is 6.54 Å². The van der Waals surface area contributed by atoms with E-state index in [1.165, 1.54) is 10.8 Å². The zero-order valence-corrected chi connectivity index (χ0v) is 7.92. The van der Waals surface area contributed by atoms with Gasteiger partial charge in [0, 0.05) is 30.4 Å². The van der Waals surface area contributed by atoms with Crippen LogP contribution in [0.1, 0.15) is 12.0 Å². The Kier molecular flexibility index (Phi) is 3.69. The van der Waals surface area contributed by atoms with Crippen LogP contribution in [-0.4, -0.2) is 16.1 Å². The standard InChI is InChI=1S/C8H11N5O/c1-7-5-10-8(14)13(6-7)4-2-3-11-12-9/h5-6H,2-4H2,1H3. The van der Waals surface area contributed by atoms with Gasteiger partial charge in [-0.15, -0.1) is 0 Å². The summed E-state index contributed by atoms with van der Waals surface area (Å²) in [5, 5.41) is 3.38. The van der Waals surface area contributed by atoms with Crippen molar-refractivity contribution in [3.63, 3.8) is 0 Å². The summed E-state index contributed by atoms with van der Waals surface area (Å²) in [7, 11) is 0. The van der Waals surface area contributed by atoms with Crippen molar-refractivity contribution in [3.05, 3.63) is 38.9 Å². The topological polar surface area (TPSA) is 83.7 Å². The molecule has 0 spiro atoms. The zero-order valence-electron chi connectivity index (χ0n) is 7.92. The highest BCUT2D eigenvalue weighted by Gasteiger charge is 1.95. The van der Waals surface area contributed by atoms with Gasteiger partial charge in [0.15, 0.2) is 0 Å². The molecule has 0 fully saturated rings. The monoisotopic (exact) mass is 193 g/mol. The quantitative estimate of drug-likeness (QED) is 0.312. The van der Waals surface area contributed by atoms with Crippen molar-refractivity contribution in [1.29, 1.82) is 0 Å². The predicted molar refractivity (Wildman–Crippen MR) is 51.9 cm³/mol. The highest BCUT2D eigenvalue weighted by molar-refractivity contribution is 4.99. The third-order valence-corrected chi connectivity index (χ3v) is 1.70. The van der Waals surface area contributed by atoms with Crippen molar-refractivity contribution in [3.8, 4) is 0 Å². The maximum absolute atomic E-state index is 11.2. The van der Waals surface area contributed by atoms with Gasteiger partial charge in [-0.2, -0.15) is 0 Å². The number of aryl methyl sites for hydroxylation is 2. The Balaban J connectivity index is 2.62. The van der Waals surface area contributed by atoms with E-state index < -0.39 is 0 Å². The zero-order chi connectivity index (χ0) is 10.4. The smallest absolute Gasteiger partial charge is 0.299 e. The molecule has 0 saturated heterocycles. The van der Waals surface area contributed by atoms with Crippen LogP contribution in [0.25, 0.3) is 10.4 Å². The first-order valence-corrected chi connectivity index (χ1v) is 4.28. The molecule has 1 heterocycles. The summed E-state index contributed by atoms with van der Waals surface area (Å²) < 4.78 is 1.52. The van der Waals surface area contributed by atoms with E-state index in [1.54, 1.807) is 6.20 Å². The molecule has 1 rings (SSSR count). The molecule has 6 nitrogen and oxygen atoms in total. The van der Waals surface area contributed by atoms with Crippen molar-refractivity contribution in [2.45, 2.75) is 19.9 Å². The largest absolute Gasteiger partial charge is 0.347 e. The molecule has 1 aromatic heterocycles. The molecule has 0 aliphatic carbocycles. The fraction of sp³-hybridized carbons (Fsp3) is 0.500. The minimum Gasteiger partial charge on any atom is -0.299 e. The summed E-state index contributed by atoms with van der Waals surface area (Å²) in [5.41, 5.74) is 8.71. The van der Waals surface area contributed by atoms with Gasteiger partial charge >= 0.3 is 5.69 Å². The summed E-state index contributed by atoms with van der Waals surface area (Å²) in [4.78, 5) is 17.5. The number of aromatic nitrogens is 2. The normalized spacial score (nSPS) is 9.50. The van der Waals surface area contributed by atoms with Gasteiger partial charge < -0.3 is 0 Å². The molecule has 0 bridgehead atoms. The lowest BCUT2D eigenvalue weighted by molar-refractivity contribution is 0.610. The summed E-state index contributed by atoms with van der Waals surface area (Å²) in [6.45, 7) is 2.81. The van der Waals surface area contributed by atoms with Crippen molar-refractivity contribution in [2.75, 3.05) is 6.54 Å². The SMILES string of the molecule is Cc1cnc(=O)n(CCCN=[N+]=[N-])c1. The first kappa shape index (κ1) is 10.3. The second-order valence-corrected chi connectivity index (χ2v) is 2.92. The van der Waals surface area contributed by atoms with E-state index in [-0.39, 0.29) is 5.69 Å². The van der Waals surface area contributed by atoms with E-state index in [0.29, 0.717) is 19.5 Å². The Bertz CT molecular complexity index is 404. The Morgan fingerprint density at radius 3 is 3.21 bits per heavy atom. The fourth-order valence-corrected chi connectivity index (χ4v) is 1.08. The summed E-state index contributed by atoms with van der Waals surface area (Å²) in [6, 6.07) is 0. The van der Waals surface area contributed by atoms with Crippen molar-refractivity contribution >= 4 is 0 Å². The second-order valence-electron chi connectivity index (χ2n) is 2.92. The third kappa shape index (κ3) is 2.91. The molecule has 1 aromatic rings. The third-order valence-electron chi connectivity index (χ3n) is 1.70. The predicted octanol–water partition coefficient (Wildman–Crippen LogP) is 1.25. The molecule has 0 N–H and O–H groups in total. The van der Waals surface area contributed by atoms with E-state index in [0.717, 1.165) is 5.56 Å². The van der Waals surface area contributed by atoms with Gasteiger partial charge in [0.2, 0.25) is 0 Å². The molecule has 0 radical (unpaired) electrons. The summed E-state index contributed by atoms with van der Waals surface area (Å²) in [6.07, 6.45) is 3.92. The van der Waals surface area contributed by atoms with Gasteiger partial charge in [-0.1, -0.05) is 5.11 Å². The van der Waals surface area contributed by atoms with Crippen LogP contribution >= 0.6 is 0 Å². The average molecular weight is 193 g/mol. The lowest BCUT2D eigenvalue weighted by atomic mass is 10.4. The van der Waals surface area contributed by atoms with E-state index in [2.05, 4.69) is 15.0 Å². The van der Waals surface area contributed by atoms with Crippen LogP contribution in [0.4, 0.5) is 0 Å². The van der Waals surface area contributed by atoms with E-state index in [4.69, 9.17) is 5.53 Å². The maximum atomic E-state index is 11.2. The van der Waals surface area contributed by atoms with Gasteiger partial charge in [-0.25, -0.2) is 9.78 Å². The molecule has 0 aliphatic rings. The molecular weight excluding hydrogens is 182 g/mol. The molecule has 0 atom stereocenters. The Morgan fingerprint density at radius 2 is 2.50 bits per heavy atom. The van der Waals surface area contributed by atoms with E-state index >= 15 is 0 Å². The van der Waals surface area contributed by atoms with Gasteiger partial charge in [0.05, 0.1) is 0 Å². The van der Waals surface area contributed by atoms with E-state index in [9.17, 15) is 4.79 Å². The van der Waals surface area contributed by atoms with Crippen LogP contribution in [0.3, 0.4) is 0 Å². The van der Waals surface area contributed by atoms with Crippen molar-refractivity contribution in [2.24, 2.45) is 5.11 Å². The van der Waals surface area contributed by atoms with E-state index in [1.807, 2.05) is 6.92 Å². The Morgan fingerprint density at radius 1 is 1.71 bits per heavy atom. The number of hydrogen-bond donors (Lipinski definition) is 0. The van der Waals surface area contributed by atoms with Crippen LogP contribution in [0.15, 0.2) is 22.3 Å². The fourth-order valence-electron chi connectivity index (χ4n) is 1.08. The number of rotatable bonds is 4. The highest BCUT2D eigenvalue weighted by atomic mass is 16.1. The molecule has 0 amide bonds. The minimum absolute atomic E-state index is 0.267. The van der Waals surface area contributed by atoms with Crippen molar-refractivity contribution < 1.29 is 0 Å². The molecule has 0 aromatic carbocycles. The molecule has 0 saturated carbocycles. The number of azide groups is 1.